The second-order valence-electron chi connectivity index (χ2n) is 4.76. The highest BCUT2D eigenvalue weighted by Gasteiger charge is 1.95. The Balaban J connectivity index is 1.74. The minimum absolute atomic E-state index is 0.235. The molecule has 0 saturated carbocycles. The maximum Gasteiger partial charge on any atom is 0.115 e. The van der Waals surface area contributed by atoms with Gasteiger partial charge in [-0.2, -0.15) is 0 Å². The summed E-state index contributed by atoms with van der Waals surface area (Å²) < 4.78 is 0. The van der Waals surface area contributed by atoms with E-state index in [9.17, 15) is 10.2 Å². The number of thiophene rings is 1. The number of hydrogen-bond donors (Lipinski definition) is 2. The van der Waals surface area contributed by atoms with Crippen LogP contribution in [0.25, 0.3) is 0 Å². The number of phenols is 2. The van der Waals surface area contributed by atoms with E-state index in [1.165, 1.54) is 11.3 Å². The van der Waals surface area contributed by atoms with E-state index in [4.69, 9.17) is 0 Å². The van der Waals surface area contributed by atoms with E-state index in [0.29, 0.717) is 0 Å². The fourth-order valence-electron chi connectivity index (χ4n) is 1.83. The molecule has 0 atom stereocenters. The molecule has 0 amide bonds. The zero-order valence-electron chi connectivity index (χ0n) is 12.1. The second-order valence-corrected chi connectivity index (χ2v) is 5.84. The maximum absolute atomic E-state index is 9.24. The van der Waals surface area contributed by atoms with Gasteiger partial charge in [-0.25, -0.2) is 0 Å². The Morgan fingerprint density at radius 1 is 0.522 bits per heavy atom. The molecule has 23 heavy (non-hydrogen) atoms. The number of benzene rings is 2. The van der Waals surface area contributed by atoms with E-state index >= 15 is 0 Å². The van der Waals surface area contributed by atoms with Crippen LogP contribution in [0.2, 0.25) is 0 Å². The first-order valence-corrected chi connectivity index (χ1v) is 7.73. The van der Waals surface area contributed by atoms with Crippen molar-refractivity contribution in [1.29, 1.82) is 0 Å². The lowest BCUT2D eigenvalue weighted by molar-refractivity contribution is 0.474. The Hall–Kier alpha value is -3.14. The third kappa shape index (κ3) is 4.17. The van der Waals surface area contributed by atoms with Gasteiger partial charge in [0, 0.05) is 11.1 Å². The summed E-state index contributed by atoms with van der Waals surface area (Å²) in [5.41, 5.74) is 1.71. The van der Waals surface area contributed by atoms with Crippen molar-refractivity contribution in [3.8, 4) is 35.2 Å². The molecule has 110 valence electrons. The molecule has 2 aromatic carbocycles. The predicted molar refractivity (Wildman–Crippen MR) is 92.5 cm³/mol. The van der Waals surface area contributed by atoms with Crippen molar-refractivity contribution >= 4 is 11.3 Å². The average molecular weight is 316 g/mol. The Morgan fingerprint density at radius 2 is 0.913 bits per heavy atom. The molecule has 0 aliphatic rings. The van der Waals surface area contributed by atoms with Crippen molar-refractivity contribution in [2.75, 3.05) is 0 Å². The van der Waals surface area contributed by atoms with Crippen molar-refractivity contribution in [2.24, 2.45) is 0 Å². The third-order valence-electron chi connectivity index (χ3n) is 3.00. The maximum atomic E-state index is 9.24. The van der Waals surface area contributed by atoms with Crippen molar-refractivity contribution in [3.63, 3.8) is 0 Å². The first-order chi connectivity index (χ1) is 11.2. The van der Waals surface area contributed by atoms with Gasteiger partial charge < -0.3 is 10.2 Å². The van der Waals surface area contributed by atoms with Crippen LogP contribution in [0.4, 0.5) is 0 Å². The highest BCUT2D eigenvalue weighted by molar-refractivity contribution is 7.13. The number of rotatable bonds is 0. The van der Waals surface area contributed by atoms with Crippen LogP contribution in [-0.2, 0) is 0 Å². The Morgan fingerprint density at radius 3 is 1.30 bits per heavy atom. The average Bonchev–Trinajstić information content (AvgIpc) is 3.02. The molecule has 0 aliphatic heterocycles. The van der Waals surface area contributed by atoms with E-state index in [1.807, 2.05) is 12.1 Å². The molecule has 3 aromatic rings. The molecule has 0 saturated heterocycles. The predicted octanol–water partition coefficient (Wildman–Crippen LogP) is 3.96. The highest BCUT2D eigenvalue weighted by Crippen LogP contribution is 2.15. The molecule has 0 bridgehead atoms. The molecule has 1 heterocycles. The number of aromatic hydroxyl groups is 2. The van der Waals surface area contributed by atoms with Crippen LogP contribution in [0, 0.1) is 23.7 Å². The van der Waals surface area contributed by atoms with Gasteiger partial charge in [-0.1, -0.05) is 23.7 Å². The first-order valence-electron chi connectivity index (χ1n) is 6.91. The number of phenolic OH excluding ortho intramolecular Hbond substituents is 2. The summed E-state index contributed by atoms with van der Waals surface area (Å²) in [6, 6.07) is 17.5. The minimum atomic E-state index is 0.235. The van der Waals surface area contributed by atoms with Crippen LogP contribution in [0.5, 0.6) is 11.5 Å². The highest BCUT2D eigenvalue weighted by atomic mass is 32.1. The molecule has 0 radical (unpaired) electrons. The molecular formula is C20H12O2S. The van der Waals surface area contributed by atoms with Gasteiger partial charge in [-0.3, -0.25) is 0 Å². The standard InChI is InChI=1S/C20H12O2S/c21-17-7-1-15(2-8-17)5-11-19-13-14-20(23-19)12-6-16-3-9-18(22)10-4-16/h1-4,7-10,13-14,21-22H. The van der Waals surface area contributed by atoms with Gasteiger partial charge in [0.1, 0.15) is 11.5 Å². The van der Waals surface area contributed by atoms with Crippen LogP contribution < -0.4 is 0 Å². The van der Waals surface area contributed by atoms with Gasteiger partial charge in [0.15, 0.2) is 0 Å². The molecule has 0 spiro atoms. The van der Waals surface area contributed by atoms with Crippen LogP contribution in [0.1, 0.15) is 20.9 Å². The fraction of sp³-hybridized carbons (Fsp3) is 0. The quantitative estimate of drug-likeness (QED) is 0.616. The second kappa shape index (κ2) is 6.75. The summed E-state index contributed by atoms with van der Waals surface area (Å²) >= 11 is 1.53. The zero-order chi connectivity index (χ0) is 16.1. The Bertz CT molecular complexity index is 850. The molecule has 0 fully saturated rings. The van der Waals surface area contributed by atoms with E-state index < -0.39 is 0 Å². The van der Waals surface area contributed by atoms with Crippen LogP contribution in [0.3, 0.4) is 0 Å². The molecule has 3 heteroatoms. The monoisotopic (exact) mass is 316 g/mol. The van der Waals surface area contributed by atoms with E-state index in [2.05, 4.69) is 23.7 Å². The van der Waals surface area contributed by atoms with Gasteiger partial charge in [0.2, 0.25) is 0 Å². The lowest BCUT2D eigenvalue weighted by atomic mass is 10.2. The number of hydrogen-bond acceptors (Lipinski definition) is 3. The molecule has 0 aliphatic carbocycles. The minimum Gasteiger partial charge on any atom is -0.508 e. The molecule has 1 aromatic heterocycles. The lowest BCUT2D eigenvalue weighted by Gasteiger charge is -1.90. The summed E-state index contributed by atoms with van der Waals surface area (Å²) in [5.74, 6) is 12.8. The van der Waals surface area contributed by atoms with Crippen LogP contribution >= 0.6 is 11.3 Å². The van der Waals surface area contributed by atoms with Crippen molar-refractivity contribution in [3.05, 3.63) is 81.5 Å². The summed E-state index contributed by atoms with van der Waals surface area (Å²) in [7, 11) is 0. The molecular weight excluding hydrogens is 304 g/mol. The van der Waals surface area contributed by atoms with Crippen molar-refractivity contribution < 1.29 is 10.2 Å². The van der Waals surface area contributed by atoms with Crippen molar-refractivity contribution in [2.45, 2.75) is 0 Å². The van der Waals surface area contributed by atoms with Gasteiger partial charge in [-0.15, -0.1) is 11.3 Å². The third-order valence-corrected chi connectivity index (χ3v) is 3.92. The van der Waals surface area contributed by atoms with E-state index in [0.717, 1.165) is 20.9 Å². The Kier molecular flexibility index (Phi) is 4.34. The smallest absolute Gasteiger partial charge is 0.115 e. The van der Waals surface area contributed by atoms with Crippen LogP contribution in [-0.4, -0.2) is 10.2 Å². The fourth-order valence-corrected chi connectivity index (χ4v) is 2.54. The van der Waals surface area contributed by atoms with Gasteiger partial charge >= 0.3 is 0 Å². The largest absolute Gasteiger partial charge is 0.508 e. The van der Waals surface area contributed by atoms with E-state index in [-0.39, 0.29) is 11.5 Å². The topological polar surface area (TPSA) is 40.5 Å². The normalized spacial score (nSPS) is 9.39. The molecule has 2 N–H and O–H groups in total. The summed E-state index contributed by atoms with van der Waals surface area (Å²) in [4.78, 5) is 1.88. The van der Waals surface area contributed by atoms with Crippen molar-refractivity contribution in [1.82, 2.24) is 0 Å². The molecule has 0 unspecified atom stereocenters. The van der Waals surface area contributed by atoms with E-state index in [1.54, 1.807) is 48.5 Å². The molecule has 3 rings (SSSR count). The van der Waals surface area contributed by atoms with Crippen LogP contribution in [0.15, 0.2) is 60.7 Å². The SMILES string of the molecule is Oc1ccc(C#Cc2ccc(C#Cc3ccc(O)cc3)s2)cc1. The van der Waals surface area contributed by atoms with Gasteiger partial charge in [0.05, 0.1) is 9.75 Å². The molecule has 2 nitrogen and oxygen atoms in total. The first kappa shape index (κ1) is 14.8. The summed E-state index contributed by atoms with van der Waals surface area (Å²) in [6.45, 7) is 0. The summed E-state index contributed by atoms with van der Waals surface area (Å²) in [6.07, 6.45) is 0. The zero-order valence-corrected chi connectivity index (χ0v) is 12.9. The van der Waals surface area contributed by atoms with Gasteiger partial charge in [-0.05, 0) is 60.7 Å². The van der Waals surface area contributed by atoms with Gasteiger partial charge in [0.25, 0.3) is 0 Å². The lowest BCUT2D eigenvalue weighted by Crippen LogP contribution is -1.72. The Labute approximate surface area is 138 Å². The summed E-state index contributed by atoms with van der Waals surface area (Å²) in [5, 5.41) is 18.5.